The molecule has 0 aliphatic carbocycles. The van der Waals surface area contributed by atoms with E-state index in [2.05, 4.69) is 79.4 Å². The second kappa shape index (κ2) is 11.6. The van der Waals surface area contributed by atoms with E-state index in [1.165, 1.54) is 21.2 Å². The Balaban J connectivity index is 1.01. The average Bonchev–Trinajstić information content (AvgIpc) is 3.59. The molecular weight excluding hydrogens is 565 g/mol. The van der Waals surface area contributed by atoms with E-state index in [9.17, 15) is 9.59 Å². The third-order valence-electron chi connectivity index (χ3n) is 7.77. The second-order valence-electron chi connectivity index (χ2n) is 10.5. The highest BCUT2D eigenvalue weighted by atomic mass is 32.2. The van der Waals surface area contributed by atoms with Crippen LogP contribution in [-0.4, -0.2) is 45.7 Å². The lowest BCUT2D eigenvalue weighted by Gasteiger charge is -2.32. The van der Waals surface area contributed by atoms with Gasteiger partial charge in [0.25, 0.3) is 11.1 Å². The van der Waals surface area contributed by atoms with Crippen LogP contribution in [0.4, 0.5) is 10.7 Å². The number of hydrogen-bond acceptors (Lipinski definition) is 9. The van der Waals surface area contributed by atoms with E-state index >= 15 is 0 Å². The molecule has 2 aromatic carbocycles. The number of carbonyl (C=O) groups excluding carboxylic acids is 2. The van der Waals surface area contributed by atoms with Gasteiger partial charge in [0.15, 0.2) is 0 Å². The molecule has 2 aliphatic heterocycles. The minimum absolute atomic E-state index is 0.353. The van der Waals surface area contributed by atoms with Crippen molar-refractivity contribution < 1.29 is 9.59 Å². The summed E-state index contributed by atoms with van der Waals surface area (Å²) in [5.74, 6) is 0.823. The molecule has 5 heterocycles. The fourth-order valence-electron chi connectivity index (χ4n) is 5.59. The van der Waals surface area contributed by atoms with Gasteiger partial charge in [-0.05, 0) is 73.0 Å². The summed E-state index contributed by atoms with van der Waals surface area (Å²) in [7, 11) is 0. The number of anilines is 1. The maximum Gasteiger partial charge on any atom is 0.290 e. The fraction of sp³-hybridized carbons (Fsp3) is 0.219. The van der Waals surface area contributed by atoms with Crippen molar-refractivity contribution in [1.29, 1.82) is 0 Å². The molecule has 210 valence electrons. The molecule has 2 amide bonds. The predicted octanol–water partition coefficient (Wildman–Crippen LogP) is 6.24. The van der Waals surface area contributed by atoms with E-state index in [0.717, 1.165) is 67.4 Å². The summed E-state index contributed by atoms with van der Waals surface area (Å²) >= 11 is 2.66. The Morgan fingerprint density at radius 3 is 2.71 bits per heavy atom. The van der Waals surface area contributed by atoms with Crippen molar-refractivity contribution in [2.24, 2.45) is 5.92 Å². The number of imide groups is 1. The zero-order valence-electron chi connectivity index (χ0n) is 22.7. The Bertz CT molecular complexity index is 1840. The molecule has 2 aliphatic rings. The van der Waals surface area contributed by atoms with Gasteiger partial charge in [-0.15, -0.1) is 11.3 Å². The number of rotatable bonds is 7. The van der Waals surface area contributed by atoms with Crippen molar-refractivity contribution in [1.82, 2.24) is 25.6 Å². The zero-order chi connectivity index (χ0) is 28.5. The second-order valence-corrected chi connectivity index (χ2v) is 12.5. The number of nitrogens with zero attached hydrogens (tertiary/aromatic N) is 4. The van der Waals surface area contributed by atoms with Crippen LogP contribution in [0.15, 0.2) is 77.1 Å². The smallest absolute Gasteiger partial charge is 0.290 e. The molecule has 2 N–H and O–H groups in total. The zero-order valence-corrected chi connectivity index (χ0v) is 24.4. The first kappa shape index (κ1) is 26.8. The van der Waals surface area contributed by atoms with Crippen LogP contribution >= 0.6 is 23.1 Å². The number of pyridine rings is 1. The molecule has 2 saturated heterocycles. The molecule has 0 atom stereocenters. The van der Waals surface area contributed by atoms with Crippen molar-refractivity contribution in [3.63, 3.8) is 0 Å². The summed E-state index contributed by atoms with van der Waals surface area (Å²) in [5.41, 5.74) is 5.10. The number of nitrogens with one attached hydrogen (secondary N) is 2. The summed E-state index contributed by atoms with van der Waals surface area (Å²) in [6.07, 6.45) is 5.41. The number of para-hydroxylation sites is 1. The van der Waals surface area contributed by atoms with Crippen LogP contribution in [0.2, 0.25) is 0 Å². The monoisotopic (exact) mass is 592 g/mol. The standard InChI is InChI=1S/C32H28N6O2S2/c39-30-28(42-32(40)37-30)16-23-9-12-34-31(35-23)38-13-10-20(11-14-38)17-33-18-22-15-21-5-1-3-7-26(21)36-29(22)25-19-41-27-8-4-2-6-24(25)27/h1-9,12,15-16,19-20,33H,10-11,13-14,17-18H2,(H,37,39,40)/b28-16+. The van der Waals surface area contributed by atoms with Gasteiger partial charge < -0.3 is 10.2 Å². The van der Waals surface area contributed by atoms with Crippen LogP contribution < -0.4 is 15.5 Å². The molecule has 42 heavy (non-hydrogen) atoms. The number of thioether (sulfide) groups is 1. The first-order chi connectivity index (χ1) is 20.6. The normalized spacial score (nSPS) is 17.0. The quantitative estimate of drug-likeness (QED) is 0.214. The van der Waals surface area contributed by atoms with Crippen molar-refractivity contribution in [3.8, 4) is 11.3 Å². The predicted molar refractivity (Wildman–Crippen MR) is 170 cm³/mol. The van der Waals surface area contributed by atoms with E-state index in [-0.39, 0.29) is 11.1 Å². The lowest BCUT2D eigenvalue weighted by atomic mass is 9.96. The van der Waals surface area contributed by atoms with Gasteiger partial charge in [-0.1, -0.05) is 36.4 Å². The van der Waals surface area contributed by atoms with Gasteiger partial charge >= 0.3 is 0 Å². The van der Waals surface area contributed by atoms with E-state index in [1.54, 1.807) is 29.7 Å². The van der Waals surface area contributed by atoms with Gasteiger partial charge in [0.1, 0.15) is 0 Å². The molecule has 0 saturated carbocycles. The molecular formula is C32H28N6O2S2. The van der Waals surface area contributed by atoms with Gasteiger partial charge in [-0.2, -0.15) is 0 Å². The molecule has 0 unspecified atom stereocenters. The Hall–Kier alpha value is -4.12. The number of aromatic nitrogens is 3. The maximum absolute atomic E-state index is 11.9. The van der Waals surface area contributed by atoms with Crippen LogP contribution in [0.1, 0.15) is 24.1 Å². The first-order valence-corrected chi connectivity index (χ1v) is 15.7. The summed E-state index contributed by atoms with van der Waals surface area (Å²) in [6, 6.07) is 20.9. The SMILES string of the molecule is O=C1NC(=O)/C(=C\c2ccnc(N3CCC(CNCc4cc5ccccc5nc4-c4csc5ccccc45)CC3)n2)S1. The van der Waals surface area contributed by atoms with Crippen molar-refractivity contribution >= 4 is 67.3 Å². The van der Waals surface area contributed by atoms with Gasteiger partial charge in [-0.25, -0.2) is 15.0 Å². The van der Waals surface area contributed by atoms with Crippen molar-refractivity contribution in [2.45, 2.75) is 19.4 Å². The molecule has 0 spiro atoms. The summed E-state index contributed by atoms with van der Waals surface area (Å²) in [6.45, 7) is 3.41. The van der Waals surface area contributed by atoms with Gasteiger partial charge in [0.05, 0.1) is 21.8 Å². The van der Waals surface area contributed by atoms with Gasteiger partial charge in [0, 0.05) is 52.2 Å². The number of fused-ring (bicyclic) bond motifs is 2. The molecule has 5 aromatic rings. The largest absolute Gasteiger partial charge is 0.341 e. The number of benzene rings is 2. The Morgan fingerprint density at radius 1 is 1.02 bits per heavy atom. The number of hydrogen-bond donors (Lipinski definition) is 2. The third kappa shape index (κ3) is 5.53. The highest BCUT2D eigenvalue weighted by Crippen LogP contribution is 2.36. The Labute approximate surface area is 251 Å². The number of carbonyl (C=O) groups is 2. The van der Waals surface area contributed by atoms with Gasteiger partial charge in [-0.3, -0.25) is 14.9 Å². The van der Waals surface area contributed by atoms with Crippen LogP contribution in [-0.2, 0) is 11.3 Å². The number of amides is 2. The molecule has 7 rings (SSSR count). The Kier molecular flexibility index (Phi) is 7.41. The maximum atomic E-state index is 11.9. The summed E-state index contributed by atoms with van der Waals surface area (Å²) in [5, 5.41) is 10.3. The number of thiophene rings is 1. The molecule has 3 aromatic heterocycles. The van der Waals surface area contributed by atoms with Crippen LogP contribution in [0.3, 0.4) is 0 Å². The van der Waals surface area contributed by atoms with Gasteiger partial charge in [0.2, 0.25) is 5.95 Å². The highest BCUT2D eigenvalue weighted by molar-refractivity contribution is 8.18. The molecule has 0 bridgehead atoms. The Morgan fingerprint density at radius 2 is 1.86 bits per heavy atom. The van der Waals surface area contributed by atoms with Crippen LogP contribution in [0, 0.1) is 5.92 Å². The van der Waals surface area contributed by atoms with E-state index in [4.69, 9.17) is 4.98 Å². The molecule has 8 nitrogen and oxygen atoms in total. The highest BCUT2D eigenvalue weighted by Gasteiger charge is 2.26. The third-order valence-corrected chi connectivity index (χ3v) is 9.54. The minimum atomic E-state index is -0.381. The summed E-state index contributed by atoms with van der Waals surface area (Å²) in [4.78, 5) is 40.1. The lowest BCUT2D eigenvalue weighted by molar-refractivity contribution is -0.115. The molecule has 2 fully saturated rings. The van der Waals surface area contributed by atoms with Crippen molar-refractivity contribution in [3.05, 3.63) is 88.4 Å². The van der Waals surface area contributed by atoms with E-state index in [0.29, 0.717) is 22.5 Å². The first-order valence-electron chi connectivity index (χ1n) is 14.0. The lowest BCUT2D eigenvalue weighted by Crippen LogP contribution is -2.38. The topological polar surface area (TPSA) is 100 Å². The van der Waals surface area contributed by atoms with E-state index in [1.807, 2.05) is 6.07 Å². The summed E-state index contributed by atoms with van der Waals surface area (Å²) < 4.78 is 1.28. The van der Waals surface area contributed by atoms with E-state index < -0.39 is 0 Å². The molecule has 0 radical (unpaired) electrons. The van der Waals surface area contributed by atoms with Crippen molar-refractivity contribution in [2.75, 3.05) is 24.5 Å². The fourth-order valence-corrected chi connectivity index (χ4v) is 7.20. The minimum Gasteiger partial charge on any atom is -0.341 e. The van der Waals surface area contributed by atoms with Crippen LogP contribution in [0.25, 0.3) is 38.3 Å². The van der Waals surface area contributed by atoms with Crippen LogP contribution in [0.5, 0.6) is 0 Å². The average molecular weight is 593 g/mol. The number of piperidine rings is 1. The molecule has 10 heteroatoms.